The molecule has 1 aliphatic rings. The van der Waals surface area contributed by atoms with E-state index in [0.717, 1.165) is 0 Å². The summed E-state index contributed by atoms with van der Waals surface area (Å²) < 4.78 is 0. The zero-order chi connectivity index (χ0) is 21.3. The van der Waals surface area contributed by atoms with Gasteiger partial charge in [0.25, 0.3) is 6.24 Å². The molecule has 0 nitrogen and oxygen atoms in total. The van der Waals surface area contributed by atoms with Gasteiger partial charge in [0.05, 0.1) is 0 Å². The zero-order valence-corrected chi connectivity index (χ0v) is 26.9. The van der Waals surface area contributed by atoms with E-state index in [1.165, 1.54) is 0 Å². The molecule has 0 amide bonds. The molecule has 1 saturated heterocycles. The Hall–Kier alpha value is 3.31. The molecular formula is C16H36Cl4P4Si2. The highest BCUT2D eigenvalue weighted by Gasteiger charge is 2.77. The minimum atomic E-state index is -3.02. The average molecular weight is 550 g/mol. The van der Waals surface area contributed by atoms with Crippen molar-refractivity contribution in [1.82, 2.24) is 0 Å². The van der Waals surface area contributed by atoms with E-state index < -0.39 is 26.1 Å². The molecule has 0 bridgehead atoms. The molecule has 1 rings (SSSR count). The number of rotatable bonds is 1. The van der Waals surface area contributed by atoms with Crippen molar-refractivity contribution in [2.45, 2.75) is 104 Å². The molecule has 1 heterocycles. The lowest BCUT2D eigenvalue weighted by molar-refractivity contribution is 0.775. The minimum Gasteiger partial charge on any atom is -0.153 e. The van der Waals surface area contributed by atoms with Gasteiger partial charge in [-0.25, -0.2) is 0 Å². The van der Waals surface area contributed by atoms with Crippen molar-refractivity contribution in [2.24, 2.45) is 0 Å². The van der Waals surface area contributed by atoms with Gasteiger partial charge in [-0.2, -0.15) is 11.1 Å². The molecule has 1 fully saturated rings. The van der Waals surface area contributed by atoms with E-state index >= 15 is 0 Å². The van der Waals surface area contributed by atoms with Crippen LogP contribution in [0.3, 0.4) is 0 Å². The first-order valence-corrected chi connectivity index (χ1v) is 27.2. The Morgan fingerprint density at radius 1 is 0.538 bits per heavy atom. The predicted molar refractivity (Wildman–Crippen MR) is 142 cm³/mol. The number of hydrogen-bond acceptors (Lipinski definition) is 0. The number of hydrogen-bond donors (Lipinski definition) is 0. The topological polar surface area (TPSA) is 0 Å². The van der Waals surface area contributed by atoms with Crippen molar-refractivity contribution in [2.75, 3.05) is 0 Å². The van der Waals surface area contributed by atoms with Crippen LogP contribution in [-0.2, 0) is 0 Å². The first-order valence-electron chi connectivity index (χ1n) is 8.95. The lowest BCUT2D eigenvalue weighted by Crippen LogP contribution is -2.48. The van der Waals surface area contributed by atoms with Crippen LogP contribution in [0.25, 0.3) is 0 Å². The summed E-state index contributed by atoms with van der Waals surface area (Å²) in [6, 6.07) is 0. The van der Waals surface area contributed by atoms with Crippen LogP contribution in [0.2, 0.25) is 0 Å². The molecule has 0 aromatic heterocycles. The average Bonchev–Trinajstić information content (AvgIpc) is 2.57. The predicted octanol–water partition coefficient (Wildman–Crippen LogP) is 10.8. The molecule has 10 heteroatoms. The van der Waals surface area contributed by atoms with E-state index in [0.29, 0.717) is 0 Å². The Labute approximate surface area is 187 Å². The summed E-state index contributed by atoms with van der Waals surface area (Å²) in [6.45, 7) is 28.8. The van der Waals surface area contributed by atoms with E-state index in [-0.39, 0.29) is 35.2 Å². The van der Waals surface area contributed by atoms with Crippen LogP contribution >= 0.6 is 73.2 Å². The second kappa shape index (κ2) is 8.02. The third kappa shape index (κ3) is 5.20. The van der Waals surface area contributed by atoms with Crippen molar-refractivity contribution in [1.29, 1.82) is 0 Å². The standard InChI is InChI=1S/C16H36Cl4P4Si2/c1-13(2,3)21-22(14(4,5)6)24(16(10,11)12)26(20,25(17,18)19)23(21)15(7,8)9/h1-12H3. The molecule has 0 saturated carbocycles. The van der Waals surface area contributed by atoms with Crippen LogP contribution in [0, 0.1) is 0 Å². The summed E-state index contributed by atoms with van der Waals surface area (Å²) >= 11 is 28.7. The van der Waals surface area contributed by atoms with Crippen LogP contribution in [0.4, 0.5) is 0 Å². The molecule has 0 radical (unpaired) electrons. The normalized spacial score (nSPS) is 35.1. The van der Waals surface area contributed by atoms with Crippen molar-refractivity contribution >= 4 is 85.0 Å². The Balaban J connectivity index is 4.02. The van der Waals surface area contributed by atoms with Gasteiger partial charge < -0.3 is 0 Å². The lowest BCUT2D eigenvalue weighted by Gasteiger charge is -2.48. The van der Waals surface area contributed by atoms with Crippen molar-refractivity contribution in [3.05, 3.63) is 0 Å². The first kappa shape index (κ1) is 27.3. The monoisotopic (exact) mass is 548 g/mol. The van der Waals surface area contributed by atoms with Gasteiger partial charge in [-0.05, 0) is 35.2 Å². The van der Waals surface area contributed by atoms with Gasteiger partial charge in [-0.3, -0.25) is 0 Å². The van der Waals surface area contributed by atoms with Gasteiger partial charge >= 0.3 is 5.52 Å². The Morgan fingerprint density at radius 2 is 0.769 bits per heavy atom. The maximum Gasteiger partial charge on any atom is 0.352 e. The minimum absolute atomic E-state index is 0.132. The van der Waals surface area contributed by atoms with E-state index in [1.807, 2.05) is 0 Å². The molecule has 0 aromatic carbocycles. The second-order valence-corrected chi connectivity index (χ2v) is 61.0. The van der Waals surface area contributed by atoms with Crippen LogP contribution in [0.5, 0.6) is 0 Å². The highest BCUT2D eigenvalue weighted by atomic mass is 35.9. The van der Waals surface area contributed by atoms with Crippen molar-refractivity contribution < 1.29 is 0 Å². The van der Waals surface area contributed by atoms with Gasteiger partial charge in [0.2, 0.25) is 0 Å². The molecule has 0 N–H and O–H groups in total. The quantitative estimate of drug-likeness (QED) is 0.173. The maximum atomic E-state index is 7.84. The zero-order valence-electron chi connectivity index (χ0n) is 18.3. The summed E-state index contributed by atoms with van der Waals surface area (Å²) in [6.07, 6.45) is -2.57. The van der Waals surface area contributed by atoms with Gasteiger partial charge in [-0.1, -0.05) is 97.4 Å². The fraction of sp³-hybridized carbons (Fsp3) is 1.00. The fourth-order valence-electron chi connectivity index (χ4n) is 3.38. The second-order valence-electron chi connectivity index (χ2n) is 11.0. The van der Waals surface area contributed by atoms with E-state index in [2.05, 4.69) is 83.1 Å². The van der Waals surface area contributed by atoms with E-state index in [4.69, 9.17) is 44.3 Å². The van der Waals surface area contributed by atoms with Crippen molar-refractivity contribution in [3.63, 3.8) is 0 Å². The third-order valence-electron chi connectivity index (χ3n) is 3.95. The third-order valence-corrected chi connectivity index (χ3v) is 100. The van der Waals surface area contributed by atoms with Crippen LogP contribution < -0.4 is 0 Å². The SMILES string of the molecule is CC(C)(C)P1P(C(C)(C)C)P(C(C)(C)C)[Si](Cl)([Si](Cl)(Cl)Cl)P1C(C)(C)C. The molecule has 26 heavy (non-hydrogen) atoms. The highest BCUT2D eigenvalue weighted by Crippen LogP contribution is 3.17. The van der Waals surface area contributed by atoms with E-state index in [9.17, 15) is 0 Å². The molecular weight excluding hydrogens is 514 g/mol. The van der Waals surface area contributed by atoms with Crippen molar-refractivity contribution in [3.8, 4) is 0 Å². The summed E-state index contributed by atoms with van der Waals surface area (Å²) in [5.41, 5.74) is -3.02. The molecule has 4 unspecified atom stereocenters. The van der Waals surface area contributed by atoms with Crippen LogP contribution in [0.1, 0.15) is 83.1 Å². The summed E-state index contributed by atoms with van der Waals surface area (Å²) in [4.78, 5) is 0. The molecule has 1 aliphatic heterocycles. The Bertz CT molecular complexity index is 489. The van der Waals surface area contributed by atoms with Gasteiger partial charge in [0, 0.05) is 0 Å². The lowest BCUT2D eigenvalue weighted by atomic mass is 10.3. The maximum absolute atomic E-state index is 7.84. The smallest absolute Gasteiger partial charge is 0.153 e. The first-order chi connectivity index (χ1) is 11.0. The van der Waals surface area contributed by atoms with Gasteiger partial charge in [0.1, 0.15) is 0 Å². The van der Waals surface area contributed by atoms with Gasteiger partial charge in [-0.15, -0.1) is 33.2 Å². The molecule has 4 atom stereocenters. The largest absolute Gasteiger partial charge is 0.352 e. The molecule has 0 aliphatic carbocycles. The van der Waals surface area contributed by atoms with Gasteiger partial charge in [0.15, 0.2) is 0 Å². The number of halogens is 4. The summed E-state index contributed by atoms with van der Waals surface area (Å²) in [5, 5.41) is 0.751. The van der Waals surface area contributed by atoms with Crippen LogP contribution in [0.15, 0.2) is 0 Å². The van der Waals surface area contributed by atoms with E-state index in [1.54, 1.807) is 0 Å². The Kier molecular flexibility index (Phi) is 8.44. The van der Waals surface area contributed by atoms with Crippen LogP contribution in [-0.4, -0.2) is 32.4 Å². The summed E-state index contributed by atoms with van der Waals surface area (Å²) in [5.74, 6) is 0. The molecule has 0 aromatic rings. The fourth-order valence-corrected chi connectivity index (χ4v) is 159. The highest BCUT2D eigenvalue weighted by molar-refractivity contribution is 9.00. The summed E-state index contributed by atoms with van der Waals surface area (Å²) in [7, 11) is -1.52. The Morgan fingerprint density at radius 3 is 0.885 bits per heavy atom. The molecule has 156 valence electrons. The molecule has 0 spiro atoms.